The topological polar surface area (TPSA) is 0 Å². The van der Waals surface area contributed by atoms with Crippen molar-refractivity contribution in [2.45, 2.75) is 58.3 Å². The van der Waals surface area contributed by atoms with Crippen molar-refractivity contribution < 1.29 is 11.7 Å². The van der Waals surface area contributed by atoms with Gasteiger partial charge in [0, 0.05) is 0 Å². The first-order chi connectivity index (χ1) is 6.56. The van der Waals surface area contributed by atoms with E-state index in [0.717, 1.165) is 19.3 Å². The predicted octanol–water partition coefficient (Wildman–Crippen LogP) is 5.59. The van der Waals surface area contributed by atoms with E-state index in [4.69, 9.17) is 0 Å². The molecule has 0 nitrogen and oxygen atoms in total. The molecule has 0 aromatic rings. The van der Waals surface area contributed by atoms with Gasteiger partial charge in [0.2, 0.25) is 11.2 Å². The molecule has 0 unspecified atom stereocenters. The van der Waals surface area contributed by atoms with Crippen LogP contribution in [0.25, 0.3) is 0 Å². The van der Waals surface area contributed by atoms with E-state index in [2.05, 4.69) is 6.92 Å². The molecule has 0 aliphatic carbocycles. The van der Waals surface area contributed by atoms with Crippen LogP contribution in [0.1, 0.15) is 58.3 Å². The molecule has 0 rings (SSSR count). The number of halogens is 3. The zero-order valence-electron chi connectivity index (χ0n) is 8.91. The van der Waals surface area contributed by atoms with E-state index in [-0.39, 0.29) is 0 Å². The van der Waals surface area contributed by atoms with Gasteiger partial charge in [0.05, 0.1) is 5.75 Å². The van der Waals surface area contributed by atoms with Gasteiger partial charge in [-0.2, -0.15) is 0 Å². The molecule has 0 radical (unpaired) electrons. The second kappa shape index (κ2) is 8.45. The average molecular weight is 230 g/mol. The molecule has 0 aliphatic heterocycles. The first-order valence-electron chi connectivity index (χ1n) is 5.46. The SMILES string of the molecule is CCCCCCCCCCS(F)(F)F. The Hall–Kier alpha value is 0.140. The molecule has 0 saturated heterocycles. The quantitative estimate of drug-likeness (QED) is 0.453. The Balaban J connectivity index is 2.99. The molecule has 4 heteroatoms. The van der Waals surface area contributed by atoms with Gasteiger partial charge in [-0.1, -0.05) is 51.9 Å². The van der Waals surface area contributed by atoms with Crippen LogP contribution in [0.2, 0.25) is 0 Å². The smallest absolute Gasteiger partial charge is 0.125 e. The molecule has 0 bridgehead atoms. The molecule has 14 heavy (non-hydrogen) atoms. The largest absolute Gasteiger partial charge is 0.209 e. The van der Waals surface area contributed by atoms with Crippen molar-refractivity contribution >= 4 is 11.2 Å². The highest BCUT2D eigenvalue weighted by Gasteiger charge is 2.18. The minimum atomic E-state index is -4.73. The summed E-state index contributed by atoms with van der Waals surface area (Å²) in [5.41, 5.74) is 0. The Morgan fingerprint density at radius 2 is 1.14 bits per heavy atom. The van der Waals surface area contributed by atoms with Crippen LogP contribution in [0, 0.1) is 0 Å². The zero-order valence-corrected chi connectivity index (χ0v) is 9.72. The van der Waals surface area contributed by atoms with Gasteiger partial charge < -0.3 is 0 Å². The van der Waals surface area contributed by atoms with Crippen LogP contribution in [0.5, 0.6) is 0 Å². The van der Waals surface area contributed by atoms with E-state index in [1.165, 1.54) is 25.7 Å². The van der Waals surface area contributed by atoms with Gasteiger partial charge in [0.15, 0.2) is 0 Å². The van der Waals surface area contributed by atoms with Crippen molar-refractivity contribution in [3.8, 4) is 0 Å². The number of rotatable bonds is 9. The maximum absolute atomic E-state index is 11.8. The molecule has 88 valence electrons. The number of unbranched alkanes of at least 4 members (excludes halogenated alkanes) is 7. The summed E-state index contributed by atoms with van der Waals surface area (Å²) in [4.78, 5) is 0. The minimum Gasteiger partial charge on any atom is -0.125 e. The first kappa shape index (κ1) is 14.1. The lowest BCUT2D eigenvalue weighted by molar-refractivity contribution is 0.575. The predicted molar refractivity (Wildman–Crippen MR) is 58.4 cm³/mol. The fourth-order valence-electron chi connectivity index (χ4n) is 1.40. The third-order valence-corrected chi connectivity index (χ3v) is 2.98. The molecular weight excluding hydrogens is 209 g/mol. The van der Waals surface area contributed by atoms with Gasteiger partial charge in [-0.25, -0.2) is 0 Å². The Morgan fingerprint density at radius 3 is 1.57 bits per heavy atom. The van der Waals surface area contributed by atoms with Gasteiger partial charge in [-0.05, 0) is 6.42 Å². The summed E-state index contributed by atoms with van der Waals surface area (Å²) in [5.74, 6) is -0.526. The second-order valence-corrected chi connectivity index (χ2v) is 5.09. The minimum absolute atomic E-state index is 0.340. The van der Waals surface area contributed by atoms with E-state index in [1.807, 2.05) is 0 Å². The van der Waals surface area contributed by atoms with Crippen molar-refractivity contribution in [2.75, 3.05) is 5.75 Å². The summed E-state index contributed by atoms with van der Waals surface area (Å²) in [6.45, 7) is 2.16. The van der Waals surface area contributed by atoms with Gasteiger partial charge in [0.1, 0.15) is 0 Å². The van der Waals surface area contributed by atoms with E-state index in [1.54, 1.807) is 0 Å². The van der Waals surface area contributed by atoms with Gasteiger partial charge in [-0.3, -0.25) is 0 Å². The highest BCUT2D eigenvalue weighted by Crippen LogP contribution is 2.53. The summed E-state index contributed by atoms with van der Waals surface area (Å²) in [6.07, 6.45) is 8.07. The summed E-state index contributed by atoms with van der Waals surface area (Å²) >= 11 is -4.73. The summed E-state index contributed by atoms with van der Waals surface area (Å²) in [7, 11) is 0. The lowest BCUT2D eigenvalue weighted by Gasteiger charge is -2.08. The van der Waals surface area contributed by atoms with E-state index in [0.29, 0.717) is 6.42 Å². The van der Waals surface area contributed by atoms with Gasteiger partial charge in [0.25, 0.3) is 0 Å². The zero-order chi connectivity index (χ0) is 10.9. The standard InChI is InChI=1S/C10H21F3S/c1-2-3-4-5-6-7-8-9-10-14(11,12)13/h2-10H2,1H3. The van der Waals surface area contributed by atoms with Crippen molar-refractivity contribution in [3.05, 3.63) is 0 Å². The Bertz CT molecular complexity index is 123. The van der Waals surface area contributed by atoms with Crippen LogP contribution < -0.4 is 0 Å². The van der Waals surface area contributed by atoms with Crippen LogP contribution in [-0.4, -0.2) is 5.75 Å². The van der Waals surface area contributed by atoms with E-state index < -0.39 is 16.9 Å². The van der Waals surface area contributed by atoms with Crippen LogP contribution in [0.4, 0.5) is 11.7 Å². The summed E-state index contributed by atoms with van der Waals surface area (Å²) < 4.78 is 35.4. The van der Waals surface area contributed by atoms with E-state index in [9.17, 15) is 11.7 Å². The molecule has 0 N–H and O–H groups in total. The fourth-order valence-corrected chi connectivity index (χ4v) is 1.93. The molecule has 0 aromatic heterocycles. The average Bonchev–Trinajstić information content (AvgIpc) is 2.08. The Morgan fingerprint density at radius 1 is 0.714 bits per heavy atom. The van der Waals surface area contributed by atoms with Crippen LogP contribution in [0.3, 0.4) is 0 Å². The van der Waals surface area contributed by atoms with Crippen molar-refractivity contribution in [1.29, 1.82) is 0 Å². The maximum atomic E-state index is 11.8. The van der Waals surface area contributed by atoms with Gasteiger partial charge >= 0.3 is 0 Å². The molecule has 0 amide bonds. The van der Waals surface area contributed by atoms with Crippen molar-refractivity contribution in [1.82, 2.24) is 0 Å². The summed E-state index contributed by atoms with van der Waals surface area (Å²) in [6, 6.07) is 0. The van der Waals surface area contributed by atoms with Crippen LogP contribution in [0.15, 0.2) is 0 Å². The molecular formula is C10H21F3S. The molecule has 0 aliphatic rings. The third kappa shape index (κ3) is 12.1. The van der Waals surface area contributed by atoms with Gasteiger partial charge in [-0.15, -0.1) is 11.7 Å². The third-order valence-electron chi connectivity index (χ3n) is 2.23. The second-order valence-electron chi connectivity index (χ2n) is 3.68. The molecule has 0 saturated carbocycles. The fraction of sp³-hybridized carbons (Fsp3) is 1.00. The lowest BCUT2D eigenvalue weighted by Crippen LogP contribution is -1.87. The molecule has 0 spiro atoms. The Labute approximate surface area is 87.5 Å². The van der Waals surface area contributed by atoms with Crippen molar-refractivity contribution in [2.24, 2.45) is 0 Å². The molecule has 0 heterocycles. The van der Waals surface area contributed by atoms with Crippen LogP contribution in [-0.2, 0) is 0 Å². The monoisotopic (exact) mass is 230 g/mol. The lowest BCUT2D eigenvalue weighted by atomic mass is 10.1. The maximum Gasteiger partial charge on any atom is 0.209 e. The number of hydrogen-bond donors (Lipinski definition) is 0. The van der Waals surface area contributed by atoms with E-state index >= 15 is 0 Å². The highest BCUT2D eigenvalue weighted by molar-refractivity contribution is 8.20. The molecule has 0 fully saturated rings. The number of hydrogen-bond acceptors (Lipinski definition) is 0. The first-order valence-corrected chi connectivity index (χ1v) is 6.96. The Kier molecular flexibility index (Phi) is 8.53. The highest BCUT2D eigenvalue weighted by atomic mass is 32.3. The van der Waals surface area contributed by atoms with Crippen molar-refractivity contribution in [3.63, 3.8) is 0 Å². The molecule has 0 atom stereocenters. The molecule has 0 aromatic carbocycles. The normalized spacial score (nSPS) is 13.1. The van der Waals surface area contributed by atoms with Crippen LogP contribution >= 0.6 is 11.2 Å². The summed E-state index contributed by atoms with van der Waals surface area (Å²) in [5, 5.41) is 0.